The second kappa shape index (κ2) is 19.6. The fourth-order valence-electron chi connectivity index (χ4n) is 8.68. The van der Waals surface area contributed by atoms with Crippen LogP contribution in [0.15, 0.2) is 182 Å². The molecule has 0 bridgehead atoms. The lowest BCUT2D eigenvalue weighted by molar-refractivity contribution is -0.194. The number of hydrogen-bond donors (Lipinski definition) is 0. The highest BCUT2D eigenvalue weighted by Gasteiger charge is 2.62. The fraction of sp³-hybridized carbons (Fsp3) is 0.286. The van der Waals surface area contributed by atoms with Crippen molar-refractivity contribution in [3.05, 3.63) is 227 Å². The molecule has 346 valence electrons. The Labute approximate surface area is 394 Å². The maximum absolute atomic E-state index is 18.7. The predicted octanol–water partition coefficient (Wildman–Crippen LogP) is 12.2. The molecule has 0 spiro atoms. The molecule has 8 nitrogen and oxygen atoms in total. The van der Waals surface area contributed by atoms with Crippen molar-refractivity contribution < 1.29 is 36.9 Å². The fourth-order valence-corrected chi connectivity index (χ4v) is 9.72. The van der Waals surface area contributed by atoms with Crippen molar-refractivity contribution in [2.45, 2.75) is 74.1 Å². The largest absolute Gasteiger partial charge is 0.497 e. The molecule has 4 atom stereocenters. The van der Waals surface area contributed by atoms with Crippen LogP contribution in [0.5, 0.6) is 11.5 Å². The highest BCUT2D eigenvalue weighted by Crippen LogP contribution is 2.52. The van der Waals surface area contributed by atoms with E-state index in [1.165, 1.54) is 0 Å². The maximum atomic E-state index is 18.7. The molecule has 6 aromatic carbocycles. The Balaban J connectivity index is 1.40. The third kappa shape index (κ3) is 9.31. The van der Waals surface area contributed by atoms with Crippen LogP contribution in [-0.2, 0) is 29.8 Å². The van der Waals surface area contributed by atoms with Gasteiger partial charge in [0.25, 0.3) is 0 Å². The number of rotatable bonds is 17. The van der Waals surface area contributed by atoms with E-state index in [-0.39, 0.29) is 24.1 Å². The lowest BCUT2D eigenvalue weighted by Crippen LogP contribution is -2.58. The Morgan fingerprint density at radius 2 is 0.955 bits per heavy atom. The van der Waals surface area contributed by atoms with Crippen LogP contribution in [0, 0.1) is 5.82 Å². The summed E-state index contributed by atoms with van der Waals surface area (Å²) in [6.07, 6.45) is -2.77. The van der Waals surface area contributed by atoms with Crippen LogP contribution in [0.3, 0.4) is 0 Å². The Kier molecular flexibility index (Phi) is 13.9. The van der Waals surface area contributed by atoms with E-state index in [0.29, 0.717) is 17.1 Å². The first-order chi connectivity index (χ1) is 32.3. The Morgan fingerprint density at radius 3 is 1.36 bits per heavy atom. The van der Waals surface area contributed by atoms with Crippen LogP contribution < -0.4 is 9.47 Å². The molecule has 0 amide bonds. The van der Waals surface area contributed by atoms with Gasteiger partial charge in [0.1, 0.15) is 34.4 Å². The molecule has 0 unspecified atom stereocenters. The summed E-state index contributed by atoms with van der Waals surface area (Å²) < 4.78 is 74.3. The van der Waals surface area contributed by atoms with Crippen LogP contribution >= 0.6 is 0 Å². The zero-order valence-electron chi connectivity index (χ0n) is 39.1. The molecule has 2 heterocycles. The minimum atomic E-state index is -2.64. The monoisotopic (exact) mass is 920 g/mol. The lowest BCUT2D eigenvalue weighted by Gasteiger charge is -2.46. The summed E-state index contributed by atoms with van der Waals surface area (Å²) in [5, 5.41) is -0.250. The molecule has 1 aliphatic rings. The smallest absolute Gasteiger partial charge is 0.192 e. The number of methoxy groups -OCH3 is 2. The van der Waals surface area contributed by atoms with Crippen molar-refractivity contribution in [1.82, 2.24) is 9.97 Å². The molecule has 1 aliphatic heterocycles. The van der Waals surface area contributed by atoms with Gasteiger partial charge in [-0.25, -0.2) is 18.7 Å². The molecule has 1 aromatic heterocycles. The van der Waals surface area contributed by atoms with E-state index in [0.717, 1.165) is 40.2 Å². The Hall–Kier alpha value is -6.08. The van der Waals surface area contributed by atoms with E-state index < -0.39 is 49.3 Å². The van der Waals surface area contributed by atoms with Gasteiger partial charge < -0.3 is 28.1 Å². The molecule has 0 radical (unpaired) electrons. The Morgan fingerprint density at radius 1 is 0.567 bits per heavy atom. The molecule has 0 aliphatic carbocycles. The van der Waals surface area contributed by atoms with Crippen molar-refractivity contribution in [2.24, 2.45) is 0 Å². The van der Waals surface area contributed by atoms with Gasteiger partial charge in [0, 0.05) is 0 Å². The molecule has 0 N–H and O–H groups in total. The minimum absolute atomic E-state index is 0.0429. The van der Waals surface area contributed by atoms with Crippen LogP contribution in [0.2, 0.25) is 18.1 Å². The summed E-state index contributed by atoms with van der Waals surface area (Å²) in [7, 11) is 0.600. The number of nitrogens with zero attached hydrogens (tertiary/aromatic N) is 2. The number of benzene rings is 6. The van der Waals surface area contributed by atoms with Gasteiger partial charge in [-0.2, -0.15) is 0 Å². The first kappa shape index (κ1) is 47.4. The summed E-state index contributed by atoms with van der Waals surface area (Å²) in [4.78, 5) is 8.62. The van der Waals surface area contributed by atoms with Crippen LogP contribution in [0.25, 0.3) is 0 Å². The van der Waals surface area contributed by atoms with Crippen molar-refractivity contribution in [1.29, 1.82) is 0 Å². The van der Waals surface area contributed by atoms with E-state index in [1.54, 1.807) is 14.2 Å². The first-order valence-electron chi connectivity index (χ1n) is 22.5. The van der Waals surface area contributed by atoms with E-state index in [1.807, 2.05) is 170 Å². The summed E-state index contributed by atoms with van der Waals surface area (Å²) >= 11 is 0. The third-order valence-corrected chi connectivity index (χ3v) is 17.9. The zero-order chi connectivity index (χ0) is 47.3. The molecule has 1 fully saturated rings. The van der Waals surface area contributed by atoms with Gasteiger partial charge in [-0.3, -0.25) is 0 Å². The number of halogens is 2. The summed E-state index contributed by atoms with van der Waals surface area (Å²) in [6, 6.07) is 54.8. The van der Waals surface area contributed by atoms with Gasteiger partial charge in [-0.1, -0.05) is 166 Å². The molecule has 67 heavy (non-hydrogen) atoms. The van der Waals surface area contributed by atoms with Crippen molar-refractivity contribution in [3.63, 3.8) is 0 Å². The lowest BCUT2D eigenvalue weighted by atomic mass is 9.79. The number of hydrogen-bond acceptors (Lipinski definition) is 8. The zero-order valence-corrected chi connectivity index (χ0v) is 40.1. The van der Waals surface area contributed by atoms with Gasteiger partial charge in [0.05, 0.1) is 39.8 Å². The van der Waals surface area contributed by atoms with Gasteiger partial charge in [-0.15, -0.1) is 0 Å². The molecular weight excluding hydrogens is 863 g/mol. The molecular formula is C56H58F2N2O6Si. The predicted molar refractivity (Wildman–Crippen MR) is 259 cm³/mol. The van der Waals surface area contributed by atoms with Gasteiger partial charge in [-0.05, 0) is 75.8 Å². The van der Waals surface area contributed by atoms with E-state index in [9.17, 15) is 4.39 Å². The molecule has 1 saturated heterocycles. The molecule has 0 saturated carbocycles. The SMILES string of the molecule is COc1ccc(C(OC[C@]2(CO[Si](C)(C)C(C)(C)C)O[C@H](c3ncc(F)cn3)[C@H](F)[C@@H]2OC(c2ccccc2)(c2ccccc2)c2ccc(OC)cc2)(c2ccccc2)c2ccccc2)cc1. The van der Waals surface area contributed by atoms with Gasteiger partial charge in [0.2, 0.25) is 0 Å². The quantitative estimate of drug-likeness (QED) is 0.0660. The van der Waals surface area contributed by atoms with Gasteiger partial charge in [0.15, 0.2) is 32.2 Å². The topological polar surface area (TPSA) is 81.2 Å². The van der Waals surface area contributed by atoms with Crippen molar-refractivity contribution >= 4 is 8.32 Å². The molecule has 11 heteroatoms. The van der Waals surface area contributed by atoms with Crippen LogP contribution in [-0.4, -0.2) is 63.6 Å². The summed E-state index contributed by atoms with van der Waals surface area (Å²) in [6.45, 7) is 10.3. The summed E-state index contributed by atoms with van der Waals surface area (Å²) in [5.41, 5.74) is 0.132. The number of ether oxygens (including phenoxy) is 5. The first-order valence-corrected chi connectivity index (χ1v) is 25.4. The van der Waals surface area contributed by atoms with E-state index in [2.05, 4.69) is 43.8 Å². The second-order valence-electron chi connectivity index (χ2n) is 18.5. The average Bonchev–Trinajstić information content (AvgIpc) is 3.63. The minimum Gasteiger partial charge on any atom is -0.497 e. The number of aromatic nitrogens is 2. The third-order valence-electron chi connectivity index (χ3n) is 13.4. The number of alkyl halides is 1. The van der Waals surface area contributed by atoms with Gasteiger partial charge >= 0.3 is 0 Å². The van der Waals surface area contributed by atoms with Crippen molar-refractivity contribution in [3.8, 4) is 11.5 Å². The highest BCUT2D eigenvalue weighted by molar-refractivity contribution is 6.74. The maximum Gasteiger partial charge on any atom is 0.192 e. The Bertz CT molecular complexity index is 2580. The van der Waals surface area contributed by atoms with E-state index in [4.69, 9.17) is 28.1 Å². The molecule has 7 aromatic rings. The van der Waals surface area contributed by atoms with E-state index >= 15 is 4.39 Å². The molecule has 8 rings (SSSR count). The van der Waals surface area contributed by atoms with Crippen molar-refractivity contribution in [2.75, 3.05) is 27.4 Å². The van der Waals surface area contributed by atoms with Crippen LogP contribution in [0.4, 0.5) is 8.78 Å². The average molecular weight is 921 g/mol. The second-order valence-corrected chi connectivity index (χ2v) is 23.3. The standard InChI is InChI=1S/C56H58F2N2O6Si/c1-53(2,3)67(6,7)64-39-54(38-63-55(40-20-12-8-13-21-40,41-22-14-9-15-23-41)44-28-32-47(61-4)33-29-44)51(49(58)50(65-54)52-59-36-46(57)37-60-52)66-56(42-24-16-10-17-25-42,43-26-18-11-19-27-43)45-30-34-48(62-5)35-31-45/h8-37,49-51H,38-39H2,1-7H3/t49-,50-,51-,54+/m0/s1. The van der Waals surface area contributed by atoms with Crippen LogP contribution in [0.1, 0.15) is 66.1 Å². The normalized spacial score (nSPS) is 19.0. The summed E-state index contributed by atoms with van der Waals surface area (Å²) in [5.74, 6) is 0.605. The highest BCUT2D eigenvalue weighted by atomic mass is 28.4.